The van der Waals surface area contributed by atoms with Crippen LogP contribution in [0.5, 0.6) is 5.75 Å². The number of rotatable bonds is 8. The molecule has 28 heavy (non-hydrogen) atoms. The third-order valence-corrected chi connectivity index (χ3v) is 3.99. The van der Waals surface area contributed by atoms with E-state index in [0.717, 1.165) is 17.7 Å². The van der Waals surface area contributed by atoms with Crippen molar-refractivity contribution in [3.05, 3.63) is 70.1 Å². The molecule has 0 fully saturated rings. The van der Waals surface area contributed by atoms with Crippen LogP contribution in [-0.2, 0) is 11.2 Å². The molecule has 0 spiro atoms. The summed E-state index contributed by atoms with van der Waals surface area (Å²) in [5, 5.41) is 3.96. The number of aryl methyl sites for hydroxylation is 1. The molecule has 0 atom stereocenters. The fraction of sp³-hybridized carbons (Fsp3) is 0.238. The first-order valence-corrected chi connectivity index (χ1v) is 9.18. The van der Waals surface area contributed by atoms with Crippen LogP contribution in [0, 0.1) is 0 Å². The van der Waals surface area contributed by atoms with Crippen molar-refractivity contribution >= 4 is 23.2 Å². The van der Waals surface area contributed by atoms with Crippen LogP contribution in [0.4, 0.5) is 0 Å². The van der Waals surface area contributed by atoms with Gasteiger partial charge in [-0.15, -0.1) is 0 Å². The van der Waals surface area contributed by atoms with Crippen molar-refractivity contribution in [3.63, 3.8) is 0 Å². The average molecular weight is 378 g/mol. The largest absolute Gasteiger partial charge is 0.494 e. The Hall–Kier alpha value is -3.48. The summed E-state index contributed by atoms with van der Waals surface area (Å²) in [5.74, 6) is 0.475. The van der Waals surface area contributed by atoms with Crippen molar-refractivity contribution in [2.45, 2.75) is 26.2 Å². The Morgan fingerprint density at radius 1 is 1.25 bits per heavy atom. The molecule has 2 N–H and O–H groups in total. The van der Waals surface area contributed by atoms with Crippen LogP contribution in [0.15, 0.2) is 58.4 Å². The van der Waals surface area contributed by atoms with Crippen LogP contribution in [-0.4, -0.2) is 28.7 Å². The van der Waals surface area contributed by atoms with Crippen molar-refractivity contribution in [2.75, 3.05) is 6.61 Å². The fourth-order valence-corrected chi connectivity index (χ4v) is 2.61. The molecular formula is C21H22N4O3. The maximum Gasteiger partial charge on any atom is 0.270 e. The van der Waals surface area contributed by atoms with E-state index in [1.807, 2.05) is 49.4 Å². The summed E-state index contributed by atoms with van der Waals surface area (Å²) in [4.78, 5) is 31.2. The van der Waals surface area contributed by atoms with Crippen molar-refractivity contribution in [3.8, 4) is 5.75 Å². The molecule has 0 aliphatic carbocycles. The summed E-state index contributed by atoms with van der Waals surface area (Å²) >= 11 is 0. The lowest BCUT2D eigenvalue weighted by Gasteiger charge is -2.04. The van der Waals surface area contributed by atoms with Gasteiger partial charge in [0.25, 0.3) is 5.56 Å². The Morgan fingerprint density at radius 2 is 2.11 bits per heavy atom. The van der Waals surface area contributed by atoms with Gasteiger partial charge in [-0.3, -0.25) is 9.59 Å². The van der Waals surface area contributed by atoms with Gasteiger partial charge in [-0.1, -0.05) is 31.2 Å². The molecule has 0 radical (unpaired) electrons. The predicted octanol–water partition coefficient (Wildman–Crippen LogP) is 2.79. The van der Waals surface area contributed by atoms with E-state index in [0.29, 0.717) is 23.3 Å². The van der Waals surface area contributed by atoms with Gasteiger partial charge in [-0.25, -0.2) is 10.4 Å². The topological polar surface area (TPSA) is 96.4 Å². The average Bonchev–Trinajstić information content (AvgIpc) is 2.71. The van der Waals surface area contributed by atoms with Gasteiger partial charge in [0, 0.05) is 12.8 Å². The van der Waals surface area contributed by atoms with Crippen molar-refractivity contribution in [2.24, 2.45) is 5.10 Å². The molecule has 0 unspecified atom stereocenters. The number of aromatic amines is 1. The highest BCUT2D eigenvalue weighted by molar-refractivity contribution is 5.83. The highest BCUT2D eigenvalue weighted by atomic mass is 16.5. The van der Waals surface area contributed by atoms with Crippen molar-refractivity contribution in [1.29, 1.82) is 0 Å². The zero-order valence-electron chi connectivity index (χ0n) is 15.6. The zero-order valence-corrected chi connectivity index (χ0v) is 15.6. The van der Waals surface area contributed by atoms with Crippen LogP contribution in [0.1, 0.15) is 31.0 Å². The number of ether oxygens (including phenoxy) is 1. The van der Waals surface area contributed by atoms with Crippen LogP contribution in [0.25, 0.3) is 11.0 Å². The number of H-pyrrole nitrogens is 1. The Balaban J connectivity index is 1.54. The van der Waals surface area contributed by atoms with E-state index in [1.165, 1.54) is 0 Å². The van der Waals surface area contributed by atoms with Crippen LogP contribution >= 0.6 is 0 Å². The summed E-state index contributed by atoms with van der Waals surface area (Å²) < 4.78 is 5.56. The van der Waals surface area contributed by atoms with Crippen LogP contribution in [0.2, 0.25) is 0 Å². The van der Waals surface area contributed by atoms with Gasteiger partial charge in [0.1, 0.15) is 11.4 Å². The van der Waals surface area contributed by atoms with Crippen LogP contribution < -0.4 is 15.7 Å². The summed E-state index contributed by atoms with van der Waals surface area (Å²) in [7, 11) is 0. The van der Waals surface area contributed by atoms with Gasteiger partial charge in [-0.2, -0.15) is 5.10 Å². The quantitative estimate of drug-likeness (QED) is 0.465. The van der Waals surface area contributed by atoms with Gasteiger partial charge >= 0.3 is 0 Å². The minimum Gasteiger partial charge on any atom is -0.494 e. The van der Waals surface area contributed by atoms with Gasteiger partial charge in [0.15, 0.2) is 0 Å². The molecule has 1 amide bonds. The minimum absolute atomic E-state index is 0.116. The number of para-hydroxylation sites is 2. The summed E-state index contributed by atoms with van der Waals surface area (Å²) in [6.07, 6.45) is 2.84. The van der Waals surface area contributed by atoms with E-state index >= 15 is 0 Å². The van der Waals surface area contributed by atoms with Crippen molar-refractivity contribution in [1.82, 2.24) is 15.4 Å². The monoisotopic (exact) mass is 378 g/mol. The molecule has 3 rings (SSSR count). The maximum atomic E-state index is 12.1. The third-order valence-electron chi connectivity index (χ3n) is 3.99. The molecule has 1 aromatic heterocycles. The van der Waals surface area contributed by atoms with E-state index in [9.17, 15) is 9.59 Å². The standard InChI is InChI=1S/C21H22N4O3/c1-2-12-28-16-7-5-6-15(13-16)14-22-25-20(26)11-10-19-21(27)24-18-9-4-3-8-17(18)23-19/h3-9,13-14H,2,10-12H2,1H3,(H,24,27)(H,25,26)/b22-14+. The molecule has 0 aliphatic heterocycles. The summed E-state index contributed by atoms with van der Waals surface area (Å²) in [6.45, 7) is 2.70. The zero-order chi connectivity index (χ0) is 19.8. The second-order valence-electron chi connectivity index (χ2n) is 6.24. The minimum atomic E-state index is -0.288. The van der Waals surface area contributed by atoms with Crippen molar-refractivity contribution < 1.29 is 9.53 Å². The Labute approximate surface area is 162 Å². The Bertz CT molecular complexity index is 1040. The number of carbonyl (C=O) groups is 1. The molecular weight excluding hydrogens is 356 g/mol. The molecule has 7 heteroatoms. The first kappa shape index (κ1) is 19.3. The van der Waals surface area contributed by atoms with Gasteiger partial charge in [0.2, 0.25) is 5.91 Å². The molecule has 1 heterocycles. The number of nitrogens with one attached hydrogen (secondary N) is 2. The Morgan fingerprint density at radius 3 is 2.96 bits per heavy atom. The number of aromatic nitrogens is 2. The number of nitrogens with zero attached hydrogens (tertiary/aromatic N) is 2. The second-order valence-corrected chi connectivity index (χ2v) is 6.24. The predicted molar refractivity (Wildman–Crippen MR) is 109 cm³/mol. The molecule has 3 aromatic rings. The first-order valence-electron chi connectivity index (χ1n) is 9.18. The number of benzene rings is 2. The maximum absolute atomic E-state index is 12.1. The molecule has 0 saturated heterocycles. The molecule has 2 aromatic carbocycles. The lowest BCUT2D eigenvalue weighted by atomic mass is 10.2. The van der Waals surface area contributed by atoms with E-state index in [1.54, 1.807) is 12.3 Å². The number of hydrazone groups is 1. The molecule has 7 nitrogen and oxygen atoms in total. The van der Waals surface area contributed by atoms with E-state index in [2.05, 4.69) is 20.5 Å². The molecule has 144 valence electrons. The molecule has 0 bridgehead atoms. The molecule has 0 saturated carbocycles. The van der Waals surface area contributed by atoms with Crippen LogP contribution in [0.3, 0.4) is 0 Å². The molecule has 0 aliphatic rings. The number of hydrogen-bond donors (Lipinski definition) is 2. The van der Waals surface area contributed by atoms with Gasteiger partial charge in [-0.05, 0) is 36.2 Å². The van der Waals surface area contributed by atoms with E-state index in [4.69, 9.17) is 4.74 Å². The summed E-state index contributed by atoms with van der Waals surface area (Å²) in [6, 6.07) is 14.7. The highest BCUT2D eigenvalue weighted by Gasteiger charge is 2.07. The fourth-order valence-electron chi connectivity index (χ4n) is 2.61. The first-order chi connectivity index (χ1) is 13.7. The third kappa shape index (κ3) is 5.26. The lowest BCUT2D eigenvalue weighted by Crippen LogP contribution is -2.21. The van der Waals surface area contributed by atoms with Gasteiger partial charge in [0.05, 0.1) is 23.9 Å². The van der Waals surface area contributed by atoms with E-state index < -0.39 is 0 Å². The smallest absolute Gasteiger partial charge is 0.270 e. The number of carbonyl (C=O) groups excluding carboxylic acids is 1. The SMILES string of the molecule is CCCOc1cccc(/C=N/NC(=O)CCc2nc3ccccc3[nH]c2=O)c1. The Kier molecular flexibility index (Phi) is 6.51. The normalized spacial score (nSPS) is 11.0. The number of fused-ring (bicyclic) bond motifs is 1. The van der Waals surface area contributed by atoms with Gasteiger partial charge < -0.3 is 9.72 Å². The number of hydrogen-bond acceptors (Lipinski definition) is 5. The highest BCUT2D eigenvalue weighted by Crippen LogP contribution is 2.12. The number of amides is 1. The summed E-state index contributed by atoms with van der Waals surface area (Å²) in [5.41, 5.74) is 4.72. The second kappa shape index (κ2) is 9.45. The lowest BCUT2D eigenvalue weighted by molar-refractivity contribution is -0.121. The van der Waals surface area contributed by atoms with E-state index in [-0.39, 0.29) is 24.3 Å².